The van der Waals surface area contributed by atoms with Crippen molar-refractivity contribution in [1.82, 2.24) is 10.2 Å². The largest absolute Gasteiger partial charge is 0.312 e. The van der Waals surface area contributed by atoms with Crippen molar-refractivity contribution in [2.75, 3.05) is 26.2 Å². The lowest BCUT2D eigenvalue weighted by atomic mass is 10.1. The summed E-state index contributed by atoms with van der Waals surface area (Å²) in [5, 5.41) is 3.48. The molecule has 0 amide bonds. The average Bonchev–Trinajstić information content (AvgIpc) is 2.27. The summed E-state index contributed by atoms with van der Waals surface area (Å²) >= 11 is 0. The summed E-state index contributed by atoms with van der Waals surface area (Å²) in [5.74, 6) is 0. The minimum atomic E-state index is 0.645. The smallest absolute Gasteiger partial charge is 0.0167 e. The van der Waals surface area contributed by atoms with E-state index in [0.717, 1.165) is 6.54 Å². The molecule has 0 saturated carbocycles. The number of piperazine rings is 1. The van der Waals surface area contributed by atoms with Crippen molar-refractivity contribution in [1.29, 1.82) is 0 Å². The summed E-state index contributed by atoms with van der Waals surface area (Å²) in [5.41, 5.74) is 2.83. The van der Waals surface area contributed by atoms with Crippen molar-refractivity contribution >= 4 is 0 Å². The van der Waals surface area contributed by atoms with E-state index in [9.17, 15) is 0 Å². The molecule has 1 aliphatic rings. The highest BCUT2D eigenvalue weighted by molar-refractivity contribution is 5.22. The highest BCUT2D eigenvalue weighted by Gasteiger charge is 2.14. The molecule has 0 aliphatic carbocycles. The van der Waals surface area contributed by atoms with Crippen molar-refractivity contribution in [3.63, 3.8) is 0 Å². The van der Waals surface area contributed by atoms with Crippen LogP contribution in [0.5, 0.6) is 0 Å². The second-order valence-electron chi connectivity index (χ2n) is 4.89. The van der Waals surface area contributed by atoms with Crippen LogP contribution in [0.3, 0.4) is 0 Å². The lowest BCUT2D eigenvalue weighted by Gasteiger charge is -2.31. The molecule has 1 heterocycles. The molecule has 1 fully saturated rings. The number of benzene rings is 1. The molecule has 2 rings (SSSR count). The third-order valence-corrected chi connectivity index (χ3v) is 3.25. The average molecular weight is 218 g/mol. The molecule has 0 spiro atoms. The van der Waals surface area contributed by atoms with E-state index in [1.807, 2.05) is 0 Å². The molecule has 0 aromatic heterocycles. The highest BCUT2D eigenvalue weighted by atomic mass is 15.2. The zero-order chi connectivity index (χ0) is 11.4. The molecule has 2 nitrogen and oxygen atoms in total. The van der Waals surface area contributed by atoms with E-state index < -0.39 is 0 Å². The summed E-state index contributed by atoms with van der Waals surface area (Å²) in [4.78, 5) is 2.56. The number of hydrogen-bond donors (Lipinski definition) is 1. The monoisotopic (exact) mass is 218 g/mol. The predicted molar refractivity (Wildman–Crippen MR) is 68.8 cm³/mol. The van der Waals surface area contributed by atoms with Crippen molar-refractivity contribution in [2.24, 2.45) is 0 Å². The summed E-state index contributed by atoms with van der Waals surface area (Å²) < 4.78 is 0. The van der Waals surface area contributed by atoms with E-state index in [4.69, 9.17) is 0 Å². The predicted octanol–water partition coefficient (Wildman–Crippen LogP) is 1.83. The van der Waals surface area contributed by atoms with E-state index in [1.54, 1.807) is 0 Å². The van der Waals surface area contributed by atoms with Crippen LogP contribution < -0.4 is 5.32 Å². The fourth-order valence-electron chi connectivity index (χ4n) is 2.37. The minimum absolute atomic E-state index is 0.645. The van der Waals surface area contributed by atoms with Gasteiger partial charge in [0.15, 0.2) is 0 Å². The van der Waals surface area contributed by atoms with Gasteiger partial charge in [0.1, 0.15) is 0 Å². The first kappa shape index (κ1) is 11.6. The zero-order valence-corrected chi connectivity index (χ0v) is 10.4. The summed E-state index contributed by atoms with van der Waals surface area (Å²) in [6.45, 7) is 9.13. The van der Waals surface area contributed by atoms with Gasteiger partial charge in [0, 0.05) is 32.2 Å². The molecule has 1 aromatic carbocycles. The van der Waals surface area contributed by atoms with Crippen LogP contribution in [-0.4, -0.2) is 37.1 Å². The van der Waals surface area contributed by atoms with Gasteiger partial charge in [-0.05, 0) is 25.8 Å². The Morgan fingerprint density at radius 3 is 3.06 bits per heavy atom. The Balaban J connectivity index is 1.82. The standard InChI is InChI=1S/C14H22N2/c1-12-4-3-5-14(10-12)6-8-16-9-7-15-13(2)11-16/h3-5,10,13,15H,6-9,11H2,1-2H3. The van der Waals surface area contributed by atoms with Crippen molar-refractivity contribution in [2.45, 2.75) is 26.3 Å². The van der Waals surface area contributed by atoms with Crippen molar-refractivity contribution in [3.8, 4) is 0 Å². The maximum absolute atomic E-state index is 3.48. The SMILES string of the molecule is Cc1cccc(CCN2CCNC(C)C2)c1. The van der Waals surface area contributed by atoms with E-state index in [2.05, 4.69) is 48.3 Å². The molecule has 1 N–H and O–H groups in total. The molecule has 88 valence electrons. The number of nitrogens with one attached hydrogen (secondary N) is 1. The van der Waals surface area contributed by atoms with E-state index in [1.165, 1.54) is 37.2 Å². The van der Waals surface area contributed by atoms with Gasteiger partial charge in [0.05, 0.1) is 0 Å². The van der Waals surface area contributed by atoms with Crippen LogP contribution in [0.15, 0.2) is 24.3 Å². The van der Waals surface area contributed by atoms with Crippen molar-refractivity contribution < 1.29 is 0 Å². The number of aryl methyl sites for hydroxylation is 1. The van der Waals surface area contributed by atoms with E-state index in [-0.39, 0.29) is 0 Å². The summed E-state index contributed by atoms with van der Waals surface area (Å²) in [6.07, 6.45) is 1.17. The first-order chi connectivity index (χ1) is 7.74. The van der Waals surface area contributed by atoms with E-state index in [0.29, 0.717) is 6.04 Å². The van der Waals surface area contributed by atoms with Gasteiger partial charge in [-0.25, -0.2) is 0 Å². The molecule has 1 unspecified atom stereocenters. The Morgan fingerprint density at radius 2 is 2.31 bits per heavy atom. The Morgan fingerprint density at radius 1 is 1.44 bits per heavy atom. The Bertz CT molecular complexity index is 335. The maximum Gasteiger partial charge on any atom is 0.0167 e. The van der Waals surface area contributed by atoms with Crippen LogP contribution in [0.4, 0.5) is 0 Å². The molecule has 1 aliphatic heterocycles. The Labute approximate surface area is 98.7 Å². The van der Waals surface area contributed by atoms with Gasteiger partial charge in [-0.3, -0.25) is 0 Å². The minimum Gasteiger partial charge on any atom is -0.312 e. The van der Waals surface area contributed by atoms with Crippen LogP contribution in [-0.2, 0) is 6.42 Å². The van der Waals surface area contributed by atoms with Crippen LogP contribution in [0.2, 0.25) is 0 Å². The highest BCUT2D eigenvalue weighted by Crippen LogP contribution is 2.06. The molecule has 2 heteroatoms. The molecular weight excluding hydrogens is 196 g/mol. The van der Waals surface area contributed by atoms with Gasteiger partial charge in [-0.15, -0.1) is 0 Å². The first-order valence-corrected chi connectivity index (χ1v) is 6.25. The number of hydrogen-bond acceptors (Lipinski definition) is 2. The van der Waals surface area contributed by atoms with Gasteiger partial charge in [0.2, 0.25) is 0 Å². The molecule has 0 bridgehead atoms. The third kappa shape index (κ3) is 3.32. The second kappa shape index (κ2) is 5.46. The lowest BCUT2D eigenvalue weighted by Crippen LogP contribution is -2.49. The van der Waals surface area contributed by atoms with Gasteiger partial charge >= 0.3 is 0 Å². The third-order valence-electron chi connectivity index (χ3n) is 3.25. The van der Waals surface area contributed by atoms with Gasteiger partial charge in [-0.1, -0.05) is 29.8 Å². The summed E-state index contributed by atoms with van der Waals surface area (Å²) in [6, 6.07) is 9.50. The lowest BCUT2D eigenvalue weighted by molar-refractivity contribution is 0.209. The Kier molecular flexibility index (Phi) is 3.97. The fraction of sp³-hybridized carbons (Fsp3) is 0.571. The number of rotatable bonds is 3. The van der Waals surface area contributed by atoms with Gasteiger partial charge < -0.3 is 10.2 Å². The van der Waals surface area contributed by atoms with Crippen LogP contribution in [0, 0.1) is 6.92 Å². The van der Waals surface area contributed by atoms with Crippen molar-refractivity contribution in [3.05, 3.63) is 35.4 Å². The molecule has 1 aromatic rings. The fourth-order valence-corrected chi connectivity index (χ4v) is 2.37. The number of nitrogens with zero attached hydrogens (tertiary/aromatic N) is 1. The Hall–Kier alpha value is -0.860. The first-order valence-electron chi connectivity index (χ1n) is 6.25. The molecular formula is C14H22N2. The normalized spacial score (nSPS) is 22.2. The summed E-state index contributed by atoms with van der Waals surface area (Å²) in [7, 11) is 0. The molecule has 16 heavy (non-hydrogen) atoms. The van der Waals surface area contributed by atoms with Crippen LogP contribution in [0.1, 0.15) is 18.1 Å². The van der Waals surface area contributed by atoms with Gasteiger partial charge in [-0.2, -0.15) is 0 Å². The molecule has 0 radical (unpaired) electrons. The quantitative estimate of drug-likeness (QED) is 0.832. The molecule has 1 saturated heterocycles. The second-order valence-corrected chi connectivity index (χ2v) is 4.89. The van der Waals surface area contributed by atoms with Crippen LogP contribution in [0.25, 0.3) is 0 Å². The zero-order valence-electron chi connectivity index (χ0n) is 10.4. The maximum atomic E-state index is 3.48. The van der Waals surface area contributed by atoms with Crippen LogP contribution >= 0.6 is 0 Å². The van der Waals surface area contributed by atoms with Gasteiger partial charge in [0.25, 0.3) is 0 Å². The van der Waals surface area contributed by atoms with E-state index >= 15 is 0 Å². The topological polar surface area (TPSA) is 15.3 Å². The molecule has 1 atom stereocenters.